The Morgan fingerprint density at radius 1 is 1.44 bits per heavy atom. The molecule has 1 nitrogen and oxygen atoms in total. The Balaban J connectivity index is 2.64. The first-order chi connectivity index (χ1) is 7.50. The second-order valence-corrected chi connectivity index (χ2v) is 5.08. The average molecular weight is 216 g/mol. The van der Waals surface area contributed by atoms with Gasteiger partial charge in [0.05, 0.1) is 5.60 Å². The van der Waals surface area contributed by atoms with Gasteiger partial charge in [0.1, 0.15) is 0 Å². The highest BCUT2D eigenvalue weighted by atomic mass is 16.3. The summed E-state index contributed by atoms with van der Waals surface area (Å²) < 4.78 is 0. The smallest absolute Gasteiger partial charge is 0.0964 e. The first-order valence-electron chi connectivity index (χ1n) is 5.93. The summed E-state index contributed by atoms with van der Waals surface area (Å²) in [4.78, 5) is 0. The quantitative estimate of drug-likeness (QED) is 0.752. The van der Waals surface area contributed by atoms with E-state index in [1.165, 1.54) is 16.7 Å². The highest BCUT2D eigenvalue weighted by Gasteiger charge is 2.43. The highest BCUT2D eigenvalue weighted by molar-refractivity contribution is 5.48. The zero-order valence-electron chi connectivity index (χ0n) is 10.4. The van der Waals surface area contributed by atoms with Crippen molar-refractivity contribution in [1.82, 2.24) is 0 Å². The molecule has 0 aromatic heterocycles. The molecule has 86 valence electrons. The van der Waals surface area contributed by atoms with E-state index in [4.69, 9.17) is 0 Å². The maximum absolute atomic E-state index is 10.8. The molecular weight excluding hydrogens is 196 g/mol. The molecule has 1 heteroatoms. The summed E-state index contributed by atoms with van der Waals surface area (Å²) in [5.74, 6) is 0.278. The summed E-state index contributed by atoms with van der Waals surface area (Å²) in [5.41, 5.74) is 4.30. The Morgan fingerprint density at radius 2 is 2.06 bits per heavy atom. The van der Waals surface area contributed by atoms with Crippen LogP contribution in [0.3, 0.4) is 0 Å². The van der Waals surface area contributed by atoms with Crippen LogP contribution in [-0.2, 0) is 12.0 Å². The van der Waals surface area contributed by atoms with Crippen LogP contribution in [0.15, 0.2) is 24.8 Å². The highest BCUT2D eigenvalue weighted by Crippen LogP contribution is 2.46. The first kappa shape index (κ1) is 11.4. The lowest BCUT2D eigenvalue weighted by atomic mass is 9.83. The van der Waals surface area contributed by atoms with E-state index in [0.717, 1.165) is 12.0 Å². The summed E-state index contributed by atoms with van der Waals surface area (Å²) in [6, 6.07) is 4.26. The fraction of sp³-hybridized carbons (Fsp3) is 0.467. The van der Waals surface area contributed by atoms with Crippen LogP contribution in [-0.4, -0.2) is 5.11 Å². The summed E-state index contributed by atoms with van der Waals surface area (Å²) in [6.45, 7) is 10.1. The van der Waals surface area contributed by atoms with E-state index in [9.17, 15) is 5.11 Å². The number of rotatable bonds is 2. The lowest BCUT2D eigenvalue weighted by Gasteiger charge is -2.29. The number of hydrogen-bond donors (Lipinski definition) is 1. The van der Waals surface area contributed by atoms with Crippen molar-refractivity contribution >= 4 is 0 Å². The molecule has 2 atom stereocenters. The molecule has 0 spiro atoms. The third-order valence-electron chi connectivity index (χ3n) is 3.97. The third kappa shape index (κ3) is 1.42. The third-order valence-corrected chi connectivity index (χ3v) is 3.97. The average Bonchev–Trinajstić information content (AvgIpc) is 2.48. The minimum Gasteiger partial charge on any atom is -0.385 e. The van der Waals surface area contributed by atoms with Crippen LogP contribution in [0.4, 0.5) is 0 Å². The van der Waals surface area contributed by atoms with Gasteiger partial charge in [-0.3, -0.25) is 0 Å². The van der Waals surface area contributed by atoms with Crippen molar-refractivity contribution in [3.8, 4) is 0 Å². The fourth-order valence-corrected chi connectivity index (χ4v) is 2.98. The Hall–Kier alpha value is -1.08. The van der Waals surface area contributed by atoms with Gasteiger partial charge in [0, 0.05) is 0 Å². The predicted octanol–water partition coefficient (Wildman–Crippen LogP) is 3.26. The van der Waals surface area contributed by atoms with Gasteiger partial charge >= 0.3 is 0 Å². The molecule has 0 saturated heterocycles. The van der Waals surface area contributed by atoms with Gasteiger partial charge in [-0.15, -0.1) is 6.58 Å². The Bertz CT molecular complexity index is 433. The molecule has 0 bridgehead atoms. The molecule has 1 aromatic carbocycles. The predicted molar refractivity (Wildman–Crippen MR) is 67.5 cm³/mol. The Labute approximate surface area is 97.8 Å². The molecule has 0 aliphatic heterocycles. The summed E-state index contributed by atoms with van der Waals surface area (Å²) >= 11 is 0. The normalized spacial score (nSPS) is 27.9. The number of hydrogen-bond acceptors (Lipinski definition) is 1. The molecule has 0 saturated carbocycles. The van der Waals surface area contributed by atoms with Crippen molar-refractivity contribution < 1.29 is 5.11 Å². The van der Waals surface area contributed by atoms with Crippen LogP contribution in [0.5, 0.6) is 0 Å². The molecule has 2 unspecified atom stereocenters. The van der Waals surface area contributed by atoms with Crippen molar-refractivity contribution in [3.63, 3.8) is 0 Å². The minimum absolute atomic E-state index is 0.278. The zero-order chi connectivity index (χ0) is 11.9. The lowest BCUT2D eigenvalue weighted by molar-refractivity contribution is -0.00168. The van der Waals surface area contributed by atoms with E-state index in [1.54, 1.807) is 0 Å². The van der Waals surface area contributed by atoms with Gasteiger partial charge in [0.2, 0.25) is 0 Å². The first-order valence-corrected chi connectivity index (χ1v) is 5.93. The van der Waals surface area contributed by atoms with Crippen LogP contribution in [0.1, 0.15) is 35.6 Å². The van der Waals surface area contributed by atoms with Gasteiger partial charge in [-0.25, -0.2) is 0 Å². The van der Waals surface area contributed by atoms with E-state index in [2.05, 4.69) is 39.5 Å². The van der Waals surface area contributed by atoms with Crippen molar-refractivity contribution in [2.24, 2.45) is 5.92 Å². The zero-order valence-corrected chi connectivity index (χ0v) is 10.4. The second kappa shape index (κ2) is 3.74. The second-order valence-electron chi connectivity index (χ2n) is 5.08. The molecule has 0 radical (unpaired) electrons. The van der Waals surface area contributed by atoms with Crippen molar-refractivity contribution in [3.05, 3.63) is 47.0 Å². The van der Waals surface area contributed by atoms with Crippen LogP contribution in [0.2, 0.25) is 0 Å². The molecule has 1 aliphatic rings. The molecule has 0 fully saturated rings. The van der Waals surface area contributed by atoms with E-state index in [0.29, 0.717) is 6.42 Å². The van der Waals surface area contributed by atoms with Crippen molar-refractivity contribution in [2.45, 2.75) is 39.2 Å². The summed E-state index contributed by atoms with van der Waals surface area (Å²) in [7, 11) is 0. The largest absolute Gasteiger partial charge is 0.385 e. The standard InChI is InChI=1S/C15H20O/c1-5-8-15(16)12(4)9-13-10(2)6-7-11(3)14(13)15/h5-7,12,16H,1,8-9H2,2-4H3. The molecule has 1 aliphatic carbocycles. The number of fused-ring (bicyclic) bond motifs is 1. The SMILES string of the molecule is C=CCC1(O)c2c(C)ccc(C)c2CC1C. The van der Waals surface area contributed by atoms with E-state index < -0.39 is 5.60 Å². The number of benzene rings is 1. The van der Waals surface area contributed by atoms with Crippen LogP contribution < -0.4 is 0 Å². The summed E-state index contributed by atoms with van der Waals surface area (Å²) in [5, 5.41) is 10.8. The van der Waals surface area contributed by atoms with Crippen LogP contribution >= 0.6 is 0 Å². The van der Waals surface area contributed by atoms with Gasteiger partial charge in [-0.2, -0.15) is 0 Å². The molecule has 1 aromatic rings. The molecular formula is C15H20O. The lowest BCUT2D eigenvalue weighted by Crippen LogP contribution is -2.29. The van der Waals surface area contributed by atoms with E-state index >= 15 is 0 Å². The van der Waals surface area contributed by atoms with Gasteiger partial charge in [0.15, 0.2) is 0 Å². The van der Waals surface area contributed by atoms with Crippen LogP contribution in [0.25, 0.3) is 0 Å². The Morgan fingerprint density at radius 3 is 2.69 bits per heavy atom. The van der Waals surface area contributed by atoms with Gasteiger partial charge in [-0.05, 0) is 54.9 Å². The Kier molecular flexibility index (Phi) is 2.67. The molecule has 0 heterocycles. The fourth-order valence-electron chi connectivity index (χ4n) is 2.98. The number of aryl methyl sites for hydroxylation is 2. The molecule has 2 rings (SSSR count). The van der Waals surface area contributed by atoms with Crippen molar-refractivity contribution in [2.75, 3.05) is 0 Å². The topological polar surface area (TPSA) is 20.2 Å². The van der Waals surface area contributed by atoms with Gasteiger partial charge in [-0.1, -0.05) is 25.1 Å². The minimum atomic E-state index is -0.701. The number of aliphatic hydroxyl groups is 1. The van der Waals surface area contributed by atoms with Crippen molar-refractivity contribution in [1.29, 1.82) is 0 Å². The molecule has 16 heavy (non-hydrogen) atoms. The van der Waals surface area contributed by atoms with Gasteiger partial charge in [0.25, 0.3) is 0 Å². The van der Waals surface area contributed by atoms with Crippen LogP contribution in [0, 0.1) is 19.8 Å². The maximum atomic E-state index is 10.8. The molecule has 1 N–H and O–H groups in total. The summed E-state index contributed by atoms with van der Waals surface area (Å²) in [6.07, 6.45) is 3.45. The molecule has 0 amide bonds. The van der Waals surface area contributed by atoms with E-state index in [-0.39, 0.29) is 5.92 Å². The van der Waals surface area contributed by atoms with Gasteiger partial charge < -0.3 is 5.11 Å². The van der Waals surface area contributed by atoms with E-state index in [1.807, 2.05) is 6.08 Å². The monoisotopic (exact) mass is 216 g/mol. The maximum Gasteiger partial charge on any atom is 0.0964 e.